The Hall–Kier alpha value is -5.41. The maximum atomic E-state index is 7.04. The van der Waals surface area contributed by atoms with Crippen LogP contribution in [0.2, 0.25) is 0 Å². The van der Waals surface area contributed by atoms with E-state index in [1.165, 1.54) is 61.2 Å². The fraction of sp³-hybridized carbons (Fsp3) is 0.140. The van der Waals surface area contributed by atoms with Crippen molar-refractivity contribution in [3.63, 3.8) is 0 Å². The highest BCUT2D eigenvalue weighted by Gasteiger charge is 2.42. The molecule has 8 rings (SSSR count). The molecule has 1 aliphatic rings. The zero-order valence-corrected chi connectivity index (χ0v) is 27.0. The molecule has 0 atom stereocenters. The molecule has 0 fully saturated rings. The van der Waals surface area contributed by atoms with E-state index in [2.05, 4.69) is 178 Å². The predicted molar refractivity (Wildman–Crippen MR) is 190 cm³/mol. The maximum Gasteiger partial charge on any atom is 0.213 e. The molecule has 7 aromatic rings. The first kappa shape index (κ1) is 28.1. The number of pyridine rings is 1. The van der Waals surface area contributed by atoms with Crippen molar-refractivity contribution in [2.45, 2.75) is 33.1 Å². The maximum absolute atomic E-state index is 7.04. The van der Waals surface area contributed by atoms with Crippen LogP contribution in [0.3, 0.4) is 0 Å². The summed E-state index contributed by atoms with van der Waals surface area (Å²) in [7, 11) is 2.14. The Morgan fingerprint density at radius 1 is 0.652 bits per heavy atom. The molecule has 46 heavy (non-hydrogen) atoms. The van der Waals surface area contributed by atoms with Gasteiger partial charge < -0.3 is 4.42 Å². The monoisotopic (exact) mass is 597 g/mol. The highest BCUT2D eigenvalue weighted by atomic mass is 16.4. The van der Waals surface area contributed by atoms with E-state index in [0.717, 1.165) is 22.8 Å². The van der Waals surface area contributed by atoms with Gasteiger partial charge in [-0.15, -0.1) is 0 Å². The Balaban J connectivity index is 1.46. The molecule has 0 spiro atoms. The summed E-state index contributed by atoms with van der Waals surface area (Å²) in [5.74, 6) is 0.879. The molecule has 0 saturated carbocycles. The average Bonchev–Trinajstić information content (AvgIpc) is 3.46. The van der Waals surface area contributed by atoms with Gasteiger partial charge in [-0.3, -0.25) is 4.90 Å². The van der Waals surface area contributed by atoms with Crippen LogP contribution in [-0.4, -0.2) is 0 Å². The van der Waals surface area contributed by atoms with Crippen LogP contribution in [-0.2, 0) is 12.5 Å². The van der Waals surface area contributed by atoms with Crippen molar-refractivity contribution in [3.8, 4) is 33.5 Å². The molecule has 0 aliphatic carbocycles. The minimum Gasteiger partial charge on any atom is -0.439 e. The number of anilines is 3. The van der Waals surface area contributed by atoms with Crippen molar-refractivity contribution in [1.29, 1.82) is 0 Å². The molecule has 1 aliphatic heterocycles. The van der Waals surface area contributed by atoms with E-state index in [1.807, 2.05) is 0 Å². The van der Waals surface area contributed by atoms with Crippen LogP contribution < -0.4 is 9.47 Å². The van der Waals surface area contributed by atoms with Gasteiger partial charge in [0.05, 0.1) is 16.9 Å². The van der Waals surface area contributed by atoms with Crippen molar-refractivity contribution in [1.82, 2.24) is 0 Å². The lowest BCUT2D eigenvalue weighted by molar-refractivity contribution is -0.660. The second kappa shape index (κ2) is 10.6. The molecule has 2 aromatic heterocycles. The summed E-state index contributed by atoms with van der Waals surface area (Å²) in [5.41, 5.74) is 14.9. The molecule has 3 nitrogen and oxygen atoms in total. The average molecular weight is 598 g/mol. The summed E-state index contributed by atoms with van der Waals surface area (Å²) in [5, 5.41) is 1.18. The van der Waals surface area contributed by atoms with Gasteiger partial charge >= 0.3 is 0 Å². The molecular weight excluding hydrogens is 560 g/mol. The predicted octanol–water partition coefficient (Wildman–Crippen LogP) is 11.0. The first-order valence-electron chi connectivity index (χ1n) is 16.0. The van der Waals surface area contributed by atoms with Crippen LogP contribution >= 0.6 is 0 Å². The fourth-order valence-corrected chi connectivity index (χ4v) is 7.39. The first-order chi connectivity index (χ1) is 22.3. The van der Waals surface area contributed by atoms with Crippen LogP contribution in [0, 0.1) is 13.8 Å². The van der Waals surface area contributed by atoms with Crippen LogP contribution in [0.25, 0.3) is 44.5 Å². The summed E-state index contributed by atoms with van der Waals surface area (Å²) >= 11 is 0. The summed E-state index contributed by atoms with van der Waals surface area (Å²) in [6.07, 6.45) is 2.20. The molecule has 3 heteroatoms. The Bertz CT molecular complexity index is 2200. The number of aromatic nitrogens is 1. The number of rotatable bonds is 4. The normalized spacial score (nSPS) is 13.5. The zero-order valence-electron chi connectivity index (χ0n) is 27.0. The topological polar surface area (TPSA) is 20.3 Å². The van der Waals surface area contributed by atoms with Crippen LogP contribution in [0.15, 0.2) is 138 Å². The lowest BCUT2D eigenvalue weighted by Crippen LogP contribution is -2.32. The van der Waals surface area contributed by atoms with Gasteiger partial charge in [0, 0.05) is 28.0 Å². The van der Waals surface area contributed by atoms with E-state index in [4.69, 9.17) is 4.42 Å². The van der Waals surface area contributed by atoms with E-state index in [-0.39, 0.29) is 5.41 Å². The molecule has 0 amide bonds. The third kappa shape index (κ3) is 4.38. The molecular formula is C43H37N2O+. The van der Waals surface area contributed by atoms with Crippen LogP contribution in [0.4, 0.5) is 17.3 Å². The Kier molecular flexibility index (Phi) is 6.47. The van der Waals surface area contributed by atoms with Crippen LogP contribution in [0.1, 0.15) is 36.1 Å². The standard InChI is InChI=1S/C43H37N2O/c1-28-20-22-37(44(5)27-28)39-29(2)21-23-38-40(39)41-42(46-38)45(36-19-13-12-18-35(36)43(41,3)4)34-25-32(30-14-8-6-9-15-30)24-33(26-34)31-16-10-7-11-17-31/h6-27H,1-5H3/q+1. The van der Waals surface area contributed by atoms with Crippen LogP contribution in [0.5, 0.6) is 0 Å². The SMILES string of the molecule is Cc1ccc(-c2c(C)ccc3oc4c(c23)C(C)(C)c2ccccc2N4c2cc(-c3ccccc3)cc(-c3ccccc3)c2)[n+](C)c1. The van der Waals surface area contributed by atoms with Gasteiger partial charge in [-0.05, 0) is 83.6 Å². The first-order valence-corrected chi connectivity index (χ1v) is 16.0. The van der Waals surface area contributed by atoms with Gasteiger partial charge in [0.25, 0.3) is 0 Å². The van der Waals surface area contributed by atoms with E-state index in [0.29, 0.717) is 0 Å². The van der Waals surface area contributed by atoms with E-state index in [1.54, 1.807) is 0 Å². The highest BCUT2D eigenvalue weighted by molar-refractivity contribution is 6.04. The summed E-state index contributed by atoms with van der Waals surface area (Å²) in [4.78, 5) is 2.35. The van der Waals surface area contributed by atoms with E-state index >= 15 is 0 Å². The number of aryl methyl sites for hydroxylation is 3. The number of fused-ring (bicyclic) bond motifs is 4. The third-order valence-corrected chi connectivity index (χ3v) is 9.62. The summed E-state index contributed by atoms with van der Waals surface area (Å²) in [6.45, 7) is 9.04. The van der Waals surface area contributed by atoms with E-state index < -0.39 is 0 Å². The van der Waals surface area contributed by atoms with Gasteiger partial charge in [-0.1, -0.05) is 98.8 Å². The zero-order chi connectivity index (χ0) is 31.6. The molecule has 0 N–H and O–H groups in total. The number of benzene rings is 5. The molecule has 0 radical (unpaired) electrons. The third-order valence-electron chi connectivity index (χ3n) is 9.62. The number of furan rings is 1. The van der Waals surface area contributed by atoms with Gasteiger partial charge in [0.15, 0.2) is 6.20 Å². The number of hydrogen-bond acceptors (Lipinski definition) is 2. The smallest absolute Gasteiger partial charge is 0.213 e. The molecule has 0 saturated heterocycles. The summed E-state index contributed by atoms with van der Waals surface area (Å²) < 4.78 is 9.28. The number of hydrogen-bond donors (Lipinski definition) is 0. The van der Waals surface area contributed by atoms with Crippen molar-refractivity contribution in [2.75, 3.05) is 4.90 Å². The molecule has 3 heterocycles. The Morgan fingerprint density at radius 2 is 1.28 bits per heavy atom. The lowest BCUT2D eigenvalue weighted by atomic mass is 9.73. The van der Waals surface area contributed by atoms with Crippen molar-refractivity contribution in [3.05, 3.63) is 156 Å². The second-order valence-electron chi connectivity index (χ2n) is 13.1. The second-order valence-corrected chi connectivity index (χ2v) is 13.1. The molecule has 0 unspecified atom stereocenters. The minimum absolute atomic E-state index is 0.307. The largest absolute Gasteiger partial charge is 0.439 e. The van der Waals surface area contributed by atoms with E-state index in [9.17, 15) is 0 Å². The van der Waals surface area contributed by atoms with Gasteiger partial charge in [-0.25, -0.2) is 4.57 Å². The quantitative estimate of drug-likeness (QED) is 0.188. The van der Waals surface area contributed by atoms with Crippen molar-refractivity contribution >= 4 is 28.2 Å². The lowest BCUT2D eigenvalue weighted by Gasteiger charge is -2.39. The Morgan fingerprint density at radius 3 is 1.93 bits per heavy atom. The van der Waals surface area contributed by atoms with Crippen molar-refractivity contribution in [2.24, 2.45) is 7.05 Å². The Labute approximate surface area is 271 Å². The van der Waals surface area contributed by atoms with Crippen molar-refractivity contribution < 1.29 is 8.98 Å². The number of nitrogens with zero attached hydrogens (tertiary/aromatic N) is 2. The minimum atomic E-state index is -0.307. The molecule has 0 bridgehead atoms. The van der Waals surface area contributed by atoms with Gasteiger partial charge in [-0.2, -0.15) is 0 Å². The highest BCUT2D eigenvalue weighted by Crippen LogP contribution is 2.57. The van der Waals surface area contributed by atoms with Gasteiger partial charge in [0.1, 0.15) is 12.6 Å². The molecule has 5 aromatic carbocycles. The fourth-order valence-electron chi connectivity index (χ4n) is 7.39. The van der Waals surface area contributed by atoms with Gasteiger partial charge in [0.2, 0.25) is 11.6 Å². The molecule has 224 valence electrons. The summed E-state index contributed by atoms with van der Waals surface area (Å²) in [6, 6.07) is 45.8. The number of para-hydroxylation sites is 1.